The third-order valence-corrected chi connectivity index (χ3v) is 3.88. The Labute approximate surface area is 156 Å². The minimum Gasteiger partial charge on any atom is -0.494 e. The molecule has 0 atom stereocenters. The lowest BCUT2D eigenvalue weighted by atomic mass is 10.1. The van der Waals surface area contributed by atoms with Gasteiger partial charge in [0.15, 0.2) is 0 Å². The highest BCUT2D eigenvalue weighted by atomic mass is 19.1. The molecule has 2 aromatic carbocycles. The summed E-state index contributed by atoms with van der Waals surface area (Å²) in [6, 6.07) is 13.5. The molecule has 3 aromatic rings. The molecule has 1 N–H and O–H groups in total. The van der Waals surface area contributed by atoms with E-state index >= 15 is 0 Å². The van der Waals surface area contributed by atoms with E-state index in [1.54, 1.807) is 12.1 Å². The fourth-order valence-electron chi connectivity index (χ4n) is 2.48. The Balaban J connectivity index is 1.48. The number of hydrogen-bond donors (Lipinski definition) is 1. The monoisotopic (exact) mass is 369 g/mol. The quantitative estimate of drug-likeness (QED) is 0.657. The van der Waals surface area contributed by atoms with Gasteiger partial charge in [-0.1, -0.05) is 17.3 Å². The highest BCUT2D eigenvalue weighted by Crippen LogP contribution is 2.20. The summed E-state index contributed by atoms with van der Waals surface area (Å²) in [5, 5.41) is 6.67. The van der Waals surface area contributed by atoms with E-state index in [0.29, 0.717) is 31.2 Å². The molecule has 3 rings (SSSR count). The van der Waals surface area contributed by atoms with E-state index < -0.39 is 0 Å². The van der Waals surface area contributed by atoms with Gasteiger partial charge in [0.25, 0.3) is 0 Å². The second-order valence-electron chi connectivity index (χ2n) is 5.87. The van der Waals surface area contributed by atoms with Crippen molar-refractivity contribution in [1.29, 1.82) is 0 Å². The van der Waals surface area contributed by atoms with Gasteiger partial charge in [-0.15, -0.1) is 0 Å². The first-order valence-electron chi connectivity index (χ1n) is 8.71. The van der Waals surface area contributed by atoms with E-state index in [9.17, 15) is 9.18 Å². The Kier molecular flexibility index (Phi) is 6.14. The van der Waals surface area contributed by atoms with Crippen molar-refractivity contribution in [2.24, 2.45) is 0 Å². The van der Waals surface area contributed by atoms with Crippen LogP contribution in [0.5, 0.6) is 5.75 Å². The molecule has 0 fully saturated rings. The number of halogens is 1. The van der Waals surface area contributed by atoms with Crippen LogP contribution in [0.2, 0.25) is 0 Å². The molecule has 0 saturated carbocycles. The number of benzene rings is 2. The number of rotatable bonds is 8. The summed E-state index contributed by atoms with van der Waals surface area (Å²) in [5.74, 6) is 1.13. The lowest BCUT2D eigenvalue weighted by Gasteiger charge is -2.03. The molecule has 0 spiro atoms. The summed E-state index contributed by atoms with van der Waals surface area (Å²) in [5.41, 5.74) is 1.71. The molecule has 0 aliphatic heterocycles. The zero-order chi connectivity index (χ0) is 19.1. The fourth-order valence-corrected chi connectivity index (χ4v) is 2.48. The Morgan fingerprint density at radius 2 is 1.89 bits per heavy atom. The third kappa shape index (κ3) is 5.37. The topological polar surface area (TPSA) is 77.3 Å². The highest BCUT2D eigenvalue weighted by Gasteiger charge is 2.10. The number of nitrogens with one attached hydrogen (secondary N) is 1. The number of carbonyl (C=O) groups is 1. The van der Waals surface area contributed by atoms with E-state index in [4.69, 9.17) is 9.26 Å². The van der Waals surface area contributed by atoms with E-state index in [0.717, 1.165) is 16.9 Å². The van der Waals surface area contributed by atoms with Gasteiger partial charge in [-0.3, -0.25) is 4.79 Å². The van der Waals surface area contributed by atoms with Crippen molar-refractivity contribution in [3.63, 3.8) is 0 Å². The Morgan fingerprint density at radius 3 is 2.59 bits per heavy atom. The number of aromatic nitrogens is 2. The van der Waals surface area contributed by atoms with Crippen molar-refractivity contribution in [3.8, 4) is 17.1 Å². The van der Waals surface area contributed by atoms with Crippen LogP contribution in [0.4, 0.5) is 4.39 Å². The molecule has 6 nitrogen and oxygen atoms in total. The molecule has 0 bridgehead atoms. The van der Waals surface area contributed by atoms with Gasteiger partial charge in [0.05, 0.1) is 13.2 Å². The van der Waals surface area contributed by atoms with Gasteiger partial charge < -0.3 is 14.6 Å². The summed E-state index contributed by atoms with van der Waals surface area (Å²) >= 11 is 0. The molecule has 1 aromatic heterocycles. The second-order valence-corrected chi connectivity index (χ2v) is 5.87. The number of hydrogen-bond acceptors (Lipinski definition) is 5. The maximum absolute atomic E-state index is 12.9. The third-order valence-electron chi connectivity index (χ3n) is 3.88. The van der Waals surface area contributed by atoms with Crippen LogP contribution in [0.3, 0.4) is 0 Å². The molecule has 1 amide bonds. The molecule has 0 saturated heterocycles. The summed E-state index contributed by atoms with van der Waals surface area (Å²) in [6.45, 7) is 2.69. The average Bonchev–Trinajstić information content (AvgIpc) is 3.16. The first kappa shape index (κ1) is 18.6. The van der Waals surface area contributed by atoms with E-state index in [2.05, 4.69) is 15.5 Å². The lowest BCUT2D eigenvalue weighted by molar-refractivity contribution is -0.121. The van der Waals surface area contributed by atoms with Crippen LogP contribution in [0.1, 0.15) is 24.8 Å². The summed E-state index contributed by atoms with van der Waals surface area (Å²) in [7, 11) is 0. The minimum atomic E-state index is -0.289. The van der Waals surface area contributed by atoms with Crippen LogP contribution < -0.4 is 10.1 Å². The van der Waals surface area contributed by atoms with Crippen molar-refractivity contribution in [2.45, 2.75) is 26.3 Å². The highest BCUT2D eigenvalue weighted by molar-refractivity contribution is 5.76. The number of aryl methyl sites for hydroxylation is 1. The van der Waals surface area contributed by atoms with Crippen molar-refractivity contribution in [2.75, 3.05) is 6.61 Å². The Hall–Kier alpha value is -3.22. The van der Waals surface area contributed by atoms with Gasteiger partial charge in [0.2, 0.25) is 17.6 Å². The predicted octanol–water partition coefficient (Wildman–Crippen LogP) is 3.52. The van der Waals surface area contributed by atoms with Crippen LogP contribution in [0.15, 0.2) is 53.1 Å². The molecule has 1 heterocycles. The summed E-state index contributed by atoms with van der Waals surface area (Å²) in [4.78, 5) is 16.2. The molecule has 0 unspecified atom stereocenters. The molecular formula is C20H20FN3O3. The summed E-state index contributed by atoms with van der Waals surface area (Å²) in [6.07, 6.45) is 0.832. The Morgan fingerprint density at radius 1 is 1.15 bits per heavy atom. The average molecular weight is 369 g/mol. The molecule has 0 aliphatic rings. The van der Waals surface area contributed by atoms with Gasteiger partial charge in [0.1, 0.15) is 11.6 Å². The smallest absolute Gasteiger partial charge is 0.246 e. The maximum atomic E-state index is 12.9. The minimum absolute atomic E-state index is 0.139. The van der Waals surface area contributed by atoms with Crippen LogP contribution in [0, 0.1) is 5.82 Å². The molecule has 27 heavy (non-hydrogen) atoms. The Bertz CT molecular complexity index is 876. The van der Waals surface area contributed by atoms with Crippen molar-refractivity contribution in [3.05, 3.63) is 65.8 Å². The SMILES string of the molecule is CCOc1ccc(-c2noc(CNC(=O)CCc3ccc(F)cc3)n2)cc1. The van der Waals surface area contributed by atoms with Crippen molar-refractivity contribution >= 4 is 5.91 Å². The first-order valence-corrected chi connectivity index (χ1v) is 8.71. The van der Waals surface area contributed by atoms with Gasteiger partial charge >= 0.3 is 0 Å². The fraction of sp³-hybridized carbons (Fsp3) is 0.250. The zero-order valence-electron chi connectivity index (χ0n) is 14.9. The van der Waals surface area contributed by atoms with E-state index in [-0.39, 0.29) is 18.3 Å². The maximum Gasteiger partial charge on any atom is 0.246 e. The van der Waals surface area contributed by atoms with Crippen LogP contribution >= 0.6 is 0 Å². The molecular weight excluding hydrogens is 349 g/mol. The first-order chi connectivity index (χ1) is 13.1. The van der Waals surface area contributed by atoms with Gasteiger partial charge in [0, 0.05) is 12.0 Å². The van der Waals surface area contributed by atoms with Gasteiger partial charge in [-0.2, -0.15) is 4.98 Å². The molecule has 0 radical (unpaired) electrons. The largest absolute Gasteiger partial charge is 0.494 e. The number of amides is 1. The summed E-state index contributed by atoms with van der Waals surface area (Å²) < 4.78 is 23.4. The standard InChI is InChI=1S/C20H20FN3O3/c1-2-26-17-10-6-15(7-11-17)20-23-19(27-24-20)13-22-18(25)12-5-14-3-8-16(21)9-4-14/h3-4,6-11H,2,5,12-13H2,1H3,(H,22,25). The van der Waals surface area contributed by atoms with Gasteiger partial charge in [-0.25, -0.2) is 4.39 Å². The number of nitrogens with zero attached hydrogens (tertiary/aromatic N) is 2. The number of ether oxygens (including phenoxy) is 1. The second kappa shape index (κ2) is 8.93. The van der Waals surface area contributed by atoms with E-state index in [1.807, 2.05) is 31.2 Å². The van der Waals surface area contributed by atoms with Gasteiger partial charge in [-0.05, 0) is 55.3 Å². The van der Waals surface area contributed by atoms with Crippen LogP contribution in [-0.4, -0.2) is 22.7 Å². The normalized spacial score (nSPS) is 10.6. The molecule has 140 valence electrons. The van der Waals surface area contributed by atoms with Crippen LogP contribution in [0.25, 0.3) is 11.4 Å². The van der Waals surface area contributed by atoms with Crippen molar-refractivity contribution < 1.29 is 18.4 Å². The van der Waals surface area contributed by atoms with Crippen molar-refractivity contribution in [1.82, 2.24) is 15.5 Å². The lowest BCUT2D eigenvalue weighted by Crippen LogP contribution is -2.23. The van der Waals surface area contributed by atoms with Crippen LogP contribution in [-0.2, 0) is 17.8 Å². The number of carbonyl (C=O) groups excluding carboxylic acids is 1. The predicted molar refractivity (Wildman–Crippen MR) is 97.5 cm³/mol. The zero-order valence-corrected chi connectivity index (χ0v) is 14.9. The van der Waals surface area contributed by atoms with E-state index in [1.165, 1.54) is 12.1 Å². The molecule has 0 aliphatic carbocycles. The molecule has 7 heteroatoms.